The lowest BCUT2D eigenvalue weighted by Gasteiger charge is -2.21. The molecule has 2 heteroatoms. The molecule has 0 saturated heterocycles. The van der Waals surface area contributed by atoms with Crippen molar-refractivity contribution in [1.29, 1.82) is 0 Å². The van der Waals surface area contributed by atoms with Gasteiger partial charge < -0.3 is 5.11 Å². The Morgan fingerprint density at radius 1 is 1.24 bits per heavy atom. The first-order valence-corrected chi connectivity index (χ1v) is 6.10. The van der Waals surface area contributed by atoms with Gasteiger partial charge in [0, 0.05) is 6.42 Å². The van der Waals surface area contributed by atoms with Gasteiger partial charge in [-0.2, -0.15) is 0 Å². The Kier molecular flexibility index (Phi) is 4.10. The molecule has 0 aromatic heterocycles. The van der Waals surface area contributed by atoms with E-state index in [1.54, 1.807) is 6.92 Å². The van der Waals surface area contributed by atoms with E-state index in [9.17, 15) is 9.90 Å². The van der Waals surface area contributed by atoms with Crippen LogP contribution in [0.4, 0.5) is 0 Å². The van der Waals surface area contributed by atoms with Crippen molar-refractivity contribution in [2.75, 3.05) is 0 Å². The van der Waals surface area contributed by atoms with Gasteiger partial charge in [-0.15, -0.1) is 0 Å². The minimum atomic E-state index is -1.20. The van der Waals surface area contributed by atoms with Crippen molar-refractivity contribution in [3.05, 3.63) is 34.4 Å². The number of rotatable bonds is 4. The Bertz CT molecular complexity index is 408. The molecule has 0 fully saturated rings. The third-order valence-corrected chi connectivity index (χ3v) is 3.47. The largest absolute Gasteiger partial charge is 0.382 e. The topological polar surface area (TPSA) is 37.3 Å². The molecule has 0 amide bonds. The van der Waals surface area contributed by atoms with Crippen molar-refractivity contribution < 1.29 is 9.90 Å². The van der Waals surface area contributed by atoms with Crippen LogP contribution in [-0.4, -0.2) is 16.5 Å². The maximum Gasteiger partial charge on any atom is 0.168 e. The van der Waals surface area contributed by atoms with Crippen molar-refractivity contribution >= 4 is 5.78 Å². The SMILES string of the molecule is CCC(C)(O)C(=O)Cc1c(C)cc(C)cc1C. The smallest absolute Gasteiger partial charge is 0.168 e. The Labute approximate surface area is 104 Å². The second kappa shape index (κ2) is 5.01. The van der Waals surface area contributed by atoms with Gasteiger partial charge in [-0.1, -0.05) is 24.6 Å². The molecule has 0 aliphatic rings. The summed E-state index contributed by atoms with van der Waals surface area (Å²) in [7, 11) is 0. The first kappa shape index (κ1) is 13.9. The molecule has 1 aromatic carbocycles. The molecule has 1 rings (SSSR count). The van der Waals surface area contributed by atoms with Gasteiger partial charge in [0.2, 0.25) is 0 Å². The highest BCUT2D eigenvalue weighted by atomic mass is 16.3. The molecule has 0 heterocycles. The number of ketones is 1. The van der Waals surface area contributed by atoms with Gasteiger partial charge in [-0.05, 0) is 50.8 Å². The Hall–Kier alpha value is -1.15. The molecule has 0 bridgehead atoms. The molecule has 0 radical (unpaired) electrons. The van der Waals surface area contributed by atoms with Crippen LogP contribution in [0.2, 0.25) is 0 Å². The molecule has 0 aliphatic carbocycles. The van der Waals surface area contributed by atoms with E-state index in [1.807, 2.05) is 27.7 Å². The number of hydrogen-bond donors (Lipinski definition) is 1. The minimum absolute atomic E-state index is 0.102. The van der Waals surface area contributed by atoms with E-state index in [0.717, 1.165) is 16.7 Å². The Morgan fingerprint density at radius 2 is 1.71 bits per heavy atom. The van der Waals surface area contributed by atoms with Crippen LogP contribution in [-0.2, 0) is 11.2 Å². The maximum atomic E-state index is 12.0. The van der Waals surface area contributed by atoms with Gasteiger partial charge >= 0.3 is 0 Å². The van der Waals surface area contributed by atoms with Gasteiger partial charge in [-0.25, -0.2) is 0 Å². The number of carbonyl (C=O) groups excluding carboxylic acids is 1. The predicted octanol–water partition coefficient (Wildman–Crippen LogP) is 2.88. The van der Waals surface area contributed by atoms with Gasteiger partial charge in [-0.3, -0.25) is 4.79 Å². The highest BCUT2D eigenvalue weighted by Crippen LogP contribution is 2.20. The third kappa shape index (κ3) is 3.16. The highest BCUT2D eigenvalue weighted by Gasteiger charge is 2.28. The second-order valence-electron chi connectivity index (χ2n) is 5.10. The van der Waals surface area contributed by atoms with Crippen molar-refractivity contribution in [3.63, 3.8) is 0 Å². The van der Waals surface area contributed by atoms with Crippen LogP contribution in [0.1, 0.15) is 42.5 Å². The second-order valence-corrected chi connectivity index (χ2v) is 5.10. The number of aliphatic hydroxyl groups is 1. The average molecular weight is 234 g/mol. The first-order chi connectivity index (χ1) is 7.77. The monoisotopic (exact) mass is 234 g/mol. The lowest BCUT2D eigenvalue weighted by atomic mass is 9.89. The van der Waals surface area contributed by atoms with Crippen molar-refractivity contribution in [1.82, 2.24) is 0 Å². The lowest BCUT2D eigenvalue weighted by molar-refractivity contribution is -0.135. The highest BCUT2D eigenvalue weighted by molar-refractivity contribution is 5.89. The Morgan fingerprint density at radius 3 is 2.12 bits per heavy atom. The summed E-state index contributed by atoms with van der Waals surface area (Å²) >= 11 is 0. The average Bonchev–Trinajstić information content (AvgIpc) is 2.22. The number of aryl methyl sites for hydroxylation is 3. The molecule has 1 atom stereocenters. The molecule has 17 heavy (non-hydrogen) atoms. The molecule has 2 nitrogen and oxygen atoms in total. The van der Waals surface area contributed by atoms with E-state index in [0.29, 0.717) is 12.8 Å². The number of carbonyl (C=O) groups is 1. The van der Waals surface area contributed by atoms with Crippen molar-refractivity contribution in [2.24, 2.45) is 0 Å². The zero-order valence-electron chi connectivity index (χ0n) is 11.4. The normalized spacial score (nSPS) is 14.5. The molecule has 1 unspecified atom stereocenters. The molecule has 1 aromatic rings. The fraction of sp³-hybridized carbons (Fsp3) is 0.533. The summed E-state index contributed by atoms with van der Waals surface area (Å²) in [5, 5.41) is 9.94. The molecule has 0 saturated carbocycles. The van der Waals surface area contributed by atoms with Crippen LogP contribution >= 0.6 is 0 Å². The fourth-order valence-electron chi connectivity index (χ4n) is 2.04. The van der Waals surface area contributed by atoms with Crippen LogP contribution in [0.3, 0.4) is 0 Å². The van der Waals surface area contributed by atoms with E-state index in [2.05, 4.69) is 12.1 Å². The van der Waals surface area contributed by atoms with Crippen LogP contribution in [0.15, 0.2) is 12.1 Å². The van der Waals surface area contributed by atoms with Crippen LogP contribution in [0.5, 0.6) is 0 Å². The number of Topliss-reactive ketones (excluding diaryl/α,β-unsaturated/α-hetero) is 1. The van der Waals surface area contributed by atoms with E-state index in [-0.39, 0.29) is 5.78 Å². The minimum Gasteiger partial charge on any atom is -0.382 e. The summed E-state index contributed by atoms with van der Waals surface area (Å²) in [6, 6.07) is 4.16. The van der Waals surface area contributed by atoms with E-state index in [1.165, 1.54) is 5.56 Å². The predicted molar refractivity (Wildman–Crippen MR) is 70.3 cm³/mol. The summed E-state index contributed by atoms with van der Waals surface area (Å²) < 4.78 is 0. The Balaban J connectivity index is 3.01. The molecule has 1 N–H and O–H groups in total. The van der Waals surface area contributed by atoms with Gasteiger partial charge in [0.1, 0.15) is 5.60 Å². The van der Waals surface area contributed by atoms with Crippen molar-refractivity contribution in [3.8, 4) is 0 Å². The number of benzene rings is 1. The fourth-order valence-corrected chi connectivity index (χ4v) is 2.04. The summed E-state index contributed by atoms with van der Waals surface area (Å²) in [4.78, 5) is 12.0. The maximum absolute atomic E-state index is 12.0. The third-order valence-electron chi connectivity index (χ3n) is 3.47. The molecular weight excluding hydrogens is 212 g/mol. The lowest BCUT2D eigenvalue weighted by Crippen LogP contribution is -2.35. The molecule has 0 spiro atoms. The zero-order chi connectivity index (χ0) is 13.2. The summed E-state index contributed by atoms with van der Waals surface area (Å²) in [5.41, 5.74) is 3.31. The standard InChI is InChI=1S/C15H22O2/c1-6-15(5,17)14(16)9-13-11(3)7-10(2)8-12(13)4/h7-8,17H,6,9H2,1-5H3. The zero-order valence-corrected chi connectivity index (χ0v) is 11.4. The summed E-state index contributed by atoms with van der Waals surface area (Å²) in [6.45, 7) is 9.50. The summed E-state index contributed by atoms with van der Waals surface area (Å²) in [5.74, 6) is -0.102. The molecular formula is C15H22O2. The van der Waals surface area contributed by atoms with Crippen molar-refractivity contribution in [2.45, 2.75) is 53.1 Å². The van der Waals surface area contributed by atoms with Gasteiger partial charge in [0.15, 0.2) is 5.78 Å². The van der Waals surface area contributed by atoms with Crippen LogP contribution in [0.25, 0.3) is 0 Å². The van der Waals surface area contributed by atoms with Gasteiger partial charge in [0.05, 0.1) is 0 Å². The van der Waals surface area contributed by atoms with Crippen LogP contribution < -0.4 is 0 Å². The number of hydrogen-bond acceptors (Lipinski definition) is 2. The first-order valence-electron chi connectivity index (χ1n) is 6.10. The quantitative estimate of drug-likeness (QED) is 0.869. The van der Waals surface area contributed by atoms with Gasteiger partial charge in [0.25, 0.3) is 0 Å². The van der Waals surface area contributed by atoms with E-state index < -0.39 is 5.60 Å². The van der Waals surface area contributed by atoms with E-state index in [4.69, 9.17) is 0 Å². The summed E-state index contributed by atoms with van der Waals surface area (Å²) in [6.07, 6.45) is 0.772. The van der Waals surface area contributed by atoms with E-state index >= 15 is 0 Å². The van der Waals surface area contributed by atoms with Crippen LogP contribution in [0, 0.1) is 20.8 Å². The molecule has 0 aliphatic heterocycles. The molecule has 94 valence electrons.